The van der Waals surface area contributed by atoms with E-state index in [9.17, 15) is 9.59 Å². The molecule has 0 saturated carbocycles. The minimum atomic E-state index is -0.860. The second kappa shape index (κ2) is 11.6. The summed E-state index contributed by atoms with van der Waals surface area (Å²) in [6.07, 6.45) is 7.42. The van der Waals surface area contributed by atoms with Gasteiger partial charge in [-0.1, -0.05) is 12.0 Å². The number of rotatable bonds is 7. The molecule has 6 nitrogen and oxygen atoms in total. The first-order valence-electron chi connectivity index (χ1n) is 5.36. The molecule has 0 aliphatic heterocycles. The number of nitrogens with two attached hydrogens (primary N) is 2. The Morgan fingerprint density at radius 1 is 1.22 bits per heavy atom. The monoisotopic (exact) mass is 256 g/mol. The van der Waals surface area contributed by atoms with E-state index in [2.05, 4.69) is 12.5 Å². The Labute approximate surface area is 107 Å². The third-order valence-corrected chi connectivity index (χ3v) is 1.88. The summed E-state index contributed by atoms with van der Waals surface area (Å²) in [6.45, 7) is 3.42. The summed E-state index contributed by atoms with van der Waals surface area (Å²) in [4.78, 5) is 19.8. The molecule has 0 saturated heterocycles. The molecule has 0 rings (SSSR count). The highest BCUT2D eigenvalue weighted by Gasteiger charge is 2.00. The van der Waals surface area contributed by atoms with Gasteiger partial charge >= 0.3 is 11.9 Å². The molecule has 0 aromatic heterocycles. The van der Waals surface area contributed by atoms with Gasteiger partial charge < -0.3 is 21.7 Å². The summed E-state index contributed by atoms with van der Waals surface area (Å²) in [6, 6.07) is -0.595. The molecule has 18 heavy (non-hydrogen) atoms. The molecule has 0 bridgehead atoms. The Kier molecular flexibility index (Phi) is 12.0. The average molecular weight is 256 g/mol. The number of carboxylic acid groups (broad SMARTS) is 2. The Morgan fingerprint density at radius 2 is 1.67 bits per heavy atom. The van der Waals surface area contributed by atoms with Crippen molar-refractivity contribution >= 4 is 11.9 Å². The third-order valence-electron chi connectivity index (χ3n) is 1.88. The van der Waals surface area contributed by atoms with Crippen LogP contribution in [0, 0.1) is 12.3 Å². The lowest BCUT2D eigenvalue weighted by atomic mass is 10.2. The van der Waals surface area contributed by atoms with Crippen LogP contribution in [-0.4, -0.2) is 34.2 Å². The number of terminal acetylenes is 1. The van der Waals surface area contributed by atoms with Gasteiger partial charge in [-0.2, -0.15) is 0 Å². The quantitative estimate of drug-likeness (QED) is 0.380. The van der Waals surface area contributed by atoms with Gasteiger partial charge in [-0.15, -0.1) is 13.0 Å². The van der Waals surface area contributed by atoms with Crippen LogP contribution in [0.25, 0.3) is 0 Å². The van der Waals surface area contributed by atoms with Crippen molar-refractivity contribution < 1.29 is 19.8 Å². The zero-order valence-corrected chi connectivity index (χ0v) is 10.2. The van der Waals surface area contributed by atoms with E-state index in [-0.39, 0.29) is 18.9 Å². The van der Waals surface area contributed by atoms with E-state index < -0.39 is 18.0 Å². The molecule has 6 heteroatoms. The minimum Gasteiger partial charge on any atom is -0.481 e. The van der Waals surface area contributed by atoms with Crippen LogP contribution in [-0.2, 0) is 9.59 Å². The lowest BCUT2D eigenvalue weighted by molar-refractivity contribution is -0.138. The van der Waals surface area contributed by atoms with Crippen LogP contribution >= 0.6 is 0 Å². The zero-order valence-electron chi connectivity index (χ0n) is 10.2. The van der Waals surface area contributed by atoms with Gasteiger partial charge in [0.1, 0.15) is 0 Å². The molecular weight excluding hydrogens is 236 g/mol. The average Bonchev–Trinajstić information content (AvgIpc) is 2.33. The second-order valence-corrected chi connectivity index (χ2v) is 3.54. The summed E-state index contributed by atoms with van der Waals surface area (Å²) >= 11 is 0. The largest absolute Gasteiger partial charge is 0.481 e. The van der Waals surface area contributed by atoms with E-state index in [1.54, 1.807) is 6.08 Å². The van der Waals surface area contributed by atoms with E-state index in [0.717, 1.165) is 0 Å². The molecular formula is C12H20N2O4. The van der Waals surface area contributed by atoms with Crippen molar-refractivity contribution in [3.63, 3.8) is 0 Å². The van der Waals surface area contributed by atoms with E-state index in [4.69, 9.17) is 28.1 Å². The number of carboxylic acids is 2. The minimum absolute atomic E-state index is 0.0470. The molecule has 0 fully saturated rings. The molecule has 2 atom stereocenters. The summed E-state index contributed by atoms with van der Waals surface area (Å²) in [5.41, 5.74) is 10.6. The maximum Gasteiger partial charge on any atom is 0.303 e. The molecule has 0 aromatic rings. The third kappa shape index (κ3) is 16.6. The van der Waals surface area contributed by atoms with Gasteiger partial charge in [0.15, 0.2) is 0 Å². The first-order valence-corrected chi connectivity index (χ1v) is 5.36. The van der Waals surface area contributed by atoms with Gasteiger partial charge in [0.25, 0.3) is 0 Å². The van der Waals surface area contributed by atoms with Gasteiger partial charge in [0.2, 0.25) is 0 Å². The van der Waals surface area contributed by atoms with Crippen molar-refractivity contribution in [3.05, 3.63) is 12.7 Å². The predicted octanol–water partition coefficient (Wildman–Crippen LogP) is 0.176. The Morgan fingerprint density at radius 3 is 2.00 bits per heavy atom. The van der Waals surface area contributed by atoms with Crippen LogP contribution in [0.2, 0.25) is 0 Å². The van der Waals surface area contributed by atoms with Crippen LogP contribution in [0.15, 0.2) is 12.7 Å². The number of carbonyl (C=O) groups is 2. The van der Waals surface area contributed by atoms with Gasteiger partial charge in [0.05, 0.1) is 6.04 Å². The van der Waals surface area contributed by atoms with Crippen LogP contribution in [0.1, 0.15) is 25.7 Å². The fourth-order valence-electron chi connectivity index (χ4n) is 0.770. The van der Waals surface area contributed by atoms with Crippen LogP contribution in [0.4, 0.5) is 0 Å². The topological polar surface area (TPSA) is 127 Å². The van der Waals surface area contributed by atoms with Crippen molar-refractivity contribution in [2.24, 2.45) is 11.5 Å². The number of hydrogen-bond acceptors (Lipinski definition) is 4. The Balaban J connectivity index is 0. The molecule has 102 valence electrons. The molecule has 6 N–H and O–H groups in total. The highest BCUT2D eigenvalue weighted by atomic mass is 16.4. The van der Waals surface area contributed by atoms with Gasteiger partial charge in [-0.05, 0) is 12.8 Å². The first kappa shape index (κ1) is 18.5. The van der Waals surface area contributed by atoms with Crippen LogP contribution in [0.3, 0.4) is 0 Å². The summed E-state index contributed by atoms with van der Waals surface area (Å²) in [7, 11) is 0. The molecule has 0 aromatic carbocycles. The molecule has 0 aliphatic carbocycles. The first-order chi connectivity index (χ1) is 8.33. The molecule has 2 unspecified atom stereocenters. The highest BCUT2D eigenvalue weighted by Crippen LogP contribution is 1.93. The van der Waals surface area contributed by atoms with E-state index in [1.165, 1.54) is 0 Å². The van der Waals surface area contributed by atoms with Crippen LogP contribution in [0.5, 0.6) is 0 Å². The van der Waals surface area contributed by atoms with Gasteiger partial charge in [-0.25, -0.2) is 0 Å². The standard InChI is InChI=1S/C6H11NO2.C6H9NO2/c2*1-2-5(7)3-4-6(8)9/h2,5H,1,3-4,7H2,(H,8,9);1,5H,3-4,7H2,(H,8,9). The second-order valence-electron chi connectivity index (χ2n) is 3.54. The summed E-state index contributed by atoms with van der Waals surface area (Å²) in [5, 5.41) is 16.3. The zero-order chi connectivity index (χ0) is 14.6. The van der Waals surface area contributed by atoms with Crippen molar-refractivity contribution in [1.82, 2.24) is 0 Å². The number of hydrogen-bond donors (Lipinski definition) is 4. The Hall–Kier alpha value is -1.84. The fourth-order valence-corrected chi connectivity index (χ4v) is 0.770. The maximum absolute atomic E-state index is 9.93. The van der Waals surface area contributed by atoms with Crippen molar-refractivity contribution in [1.29, 1.82) is 0 Å². The summed E-state index contributed by atoms with van der Waals surface area (Å²) in [5.74, 6) is 0.562. The number of aliphatic carboxylic acids is 2. The van der Waals surface area contributed by atoms with E-state index in [0.29, 0.717) is 12.8 Å². The normalized spacial score (nSPS) is 12.3. The van der Waals surface area contributed by atoms with Crippen LogP contribution < -0.4 is 11.5 Å². The molecule has 0 radical (unpaired) electrons. The smallest absolute Gasteiger partial charge is 0.303 e. The van der Waals surface area contributed by atoms with Gasteiger partial charge in [-0.3, -0.25) is 9.59 Å². The highest BCUT2D eigenvalue weighted by molar-refractivity contribution is 5.67. The lowest BCUT2D eigenvalue weighted by Gasteiger charge is -2.00. The molecule has 0 amide bonds. The van der Waals surface area contributed by atoms with E-state index >= 15 is 0 Å². The molecule has 0 spiro atoms. The predicted molar refractivity (Wildman–Crippen MR) is 68.7 cm³/mol. The van der Waals surface area contributed by atoms with Crippen molar-refractivity contribution in [3.8, 4) is 12.3 Å². The SMILES string of the molecule is C#CC(N)CCC(=O)O.C=CC(N)CCC(=O)O. The maximum atomic E-state index is 9.93. The fraction of sp³-hybridized carbons (Fsp3) is 0.500. The molecule has 0 aliphatic rings. The Bertz CT molecular complexity index is 310. The van der Waals surface area contributed by atoms with Gasteiger partial charge in [0, 0.05) is 18.9 Å². The van der Waals surface area contributed by atoms with Crippen molar-refractivity contribution in [2.45, 2.75) is 37.8 Å². The van der Waals surface area contributed by atoms with E-state index in [1.807, 2.05) is 0 Å². The summed E-state index contributed by atoms with van der Waals surface area (Å²) < 4.78 is 0. The lowest BCUT2D eigenvalue weighted by Crippen LogP contribution is -2.18. The van der Waals surface area contributed by atoms with Crippen molar-refractivity contribution in [2.75, 3.05) is 0 Å². The molecule has 0 heterocycles.